The molecular weight excluding hydrogens is 256 g/mol. The van der Waals surface area contributed by atoms with Crippen LogP contribution < -0.4 is 5.32 Å². The molecule has 2 N–H and O–H groups in total. The maximum absolute atomic E-state index is 12.0. The minimum atomic E-state index is -1.02. The van der Waals surface area contributed by atoms with E-state index in [-0.39, 0.29) is 24.3 Å². The first-order chi connectivity index (χ1) is 9.02. The molecule has 20 heavy (non-hydrogen) atoms. The van der Waals surface area contributed by atoms with Gasteiger partial charge in [0.2, 0.25) is 5.91 Å². The molecule has 5 heteroatoms. The minimum Gasteiger partial charge on any atom is -0.481 e. The largest absolute Gasteiger partial charge is 0.481 e. The van der Waals surface area contributed by atoms with Gasteiger partial charge in [0.15, 0.2) is 0 Å². The second kappa shape index (κ2) is 7.62. The number of amides is 1. The van der Waals surface area contributed by atoms with Gasteiger partial charge in [0.25, 0.3) is 0 Å². The number of nitrogens with one attached hydrogen (secondary N) is 1. The Kier molecular flexibility index (Phi) is 7.20. The molecule has 0 bridgehead atoms. The zero-order valence-corrected chi connectivity index (χ0v) is 13.9. The molecule has 0 aliphatic carbocycles. The van der Waals surface area contributed by atoms with Crippen molar-refractivity contribution in [2.24, 2.45) is 17.3 Å². The Balaban J connectivity index is 4.60. The third kappa shape index (κ3) is 5.12. The topological polar surface area (TPSA) is 69.6 Å². The normalized spacial score (nSPS) is 16.3. The van der Waals surface area contributed by atoms with Crippen LogP contribution in [0.15, 0.2) is 0 Å². The standard InChI is InChI=1S/C15H30N2O3/c1-10(2)12(17(6)7)9-16-13(18)8-15(5,11(3)4)14(19)20/h10-12H,8-9H2,1-7H3,(H,16,18)(H,19,20). The number of hydrogen-bond acceptors (Lipinski definition) is 3. The highest BCUT2D eigenvalue weighted by molar-refractivity contribution is 5.84. The molecule has 2 atom stereocenters. The van der Waals surface area contributed by atoms with E-state index in [0.717, 1.165) is 0 Å². The van der Waals surface area contributed by atoms with Crippen molar-refractivity contribution in [3.05, 3.63) is 0 Å². The molecule has 0 fully saturated rings. The SMILES string of the molecule is CC(C)C(CNC(=O)CC(C)(C(=O)O)C(C)C)N(C)C. The molecule has 0 aliphatic rings. The van der Waals surface area contributed by atoms with Gasteiger partial charge in [0.1, 0.15) is 0 Å². The first kappa shape index (κ1) is 18.9. The first-order valence-corrected chi connectivity index (χ1v) is 7.18. The highest BCUT2D eigenvalue weighted by atomic mass is 16.4. The monoisotopic (exact) mass is 286 g/mol. The van der Waals surface area contributed by atoms with Crippen molar-refractivity contribution in [2.45, 2.75) is 47.1 Å². The van der Waals surface area contributed by atoms with Crippen molar-refractivity contribution in [3.63, 3.8) is 0 Å². The molecule has 0 saturated carbocycles. The van der Waals surface area contributed by atoms with Crippen molar-refractivity contribution in [1.29, 1.82) is 0 Å². The number of hydrogen-bond donors (Lipinski definition) is 2. The van der Waals surface area contributed by atoms with E-state index in [0.29, 0.717) is 12.5 Å². The van der Waals surface area contributed by atoms with E-state index in [1.165, 1.54) is 0 Å². The Labute approximate surface area is 122 Å². The molecule has 0 aromatic rings. The van der Waals surface area contributed by atoms with Crippen LogP contribution in [-0.4, -0.2) is 48.6 Å². The van der Waals surface area contributed by atoms with E-state index in [2.05, 4.69) is 24.1 Å². The van der Waals surface area contributed by atoms with E-state index < -0.39 is 11.4 Å². The van der Waals surface area contributed by atoms with E-state index in [1.807, 2.05) is 27.9 Å². The summed E-state index contributed by atoms with van der Waals surface area (Å²) >= 11 is 0. The molecule has 2 unspecified atom stereocenters. The average Bonchev–Trinajstić information content (AvgIpc) is 2.27. The van der Waals surface area contributed by atoms with Crippen LogP contribution in [0.2, 0.25) is 0 Å². The molecule has 118 valence electrons. The molecule has 0 saturated heterocycles. The number of carboxylic acid groups (broad SMARTS) is 1. The quantitative estimate of drug-likeness (QED) is 0.714. The molecule has 1 amide bonds. The van der Waals surface area contributed by atoms with Gasteiger partial charge in [0.05, 0.1) is 5.41 Å². The summed E-state index contributed by atoms with van der Waals surface area (Å²) in [6.45, 7) is 10.0. The summed E-state index contributed by atoms with van der Waals surface area (Å²) in [6, 6.07) is 0.245. The van der Waals surface area contributed by atoms with Crippen LogP contribution in [0.1, 0.15) is 41.0 Å². The van der Waals surface area contributed by atoms with E-state index in [9.17, 15) is 14.7 Å². The molecule has 0 spiro atoms. The third-order valence-corrected chi connectivity index (χ3v) is 4.23. The van der Waals surface area contributed by atoms with Crippen molar-refractivity contribution >= 4 is 11.9 Å². The summed E-state index contributed by atoms with van der Waals surface area (Å²) in [6.07, 6.45) is 0.0121. The number of likely N-dealkylation sites (N-methyl/N-ethyl adjacent to an activating group) is 1. The molecule has 0 aliphatic heterocycles. The van der Waals surface area contributed by atoms with Gasteiger partial charge in [-0.15, -0.1) is 0 Å². The van der Waals surface area contributed by atoms with Gasteiger partial charge >= 0.3 is 5.97 Å². The van der Waals surface area contributed by atoms with E-state index in [4.69, 9.17) is 0 Å². The summed E-state index contributed by atoms with van der Waals surface area (Å²) in [7, 11) is 3.96. The lowest BCUT2D eigenvalue weighted by Crippen LogP contribution is -2.45. The Hall–Kier alpha value is -1.10. The number of carboxylic acids is 1. The first-order valence-electron chi connectivity index (χ1n) is 7.18. The number of aliphatic carboxylic acids is 1. The van der Waals surface area contributed by atoms with Crippen molar-refractivity contribution in [2.75, 3.05) is 20.6 Å². The third-order valence-electron chi connectivity index (χ3n) is 4.23. The highest BCUT2D eigenvalue weighted by Gasteiger charge is 2.38. The van der Waals surface area contributed by atoms with Gasteiger partial charge < -0.3 is 15.3 Å². The zero-order valence-electron chi connectivity index (χ0n) is 13.9. The summed E-state index contributed by atoms with van der Waals surface area (Å²) in [4.78, 5) is 25.5. The Morgan fingerprint density at radius 2 is 1.70 bits per heavy atom. The summed E-state index contributed by atoms with van der Waals surface area (Å²) in [5.41, 5.74) is -1.02. The molecule has 5 nitrogen and oxygen atoms in total. The van der Waals surface area contributed by atoms with E-state index >= 15 is 0 Å². The smallest absolute Gasteiger partial charge is 0.310 e. The molecule has 0 aromatic carbocycles. The molecule has 0 aromatic heterocycles. The number of nitrogens with zero attached hydrogens (tertiary/aromatic N) is 1. The van der Waals surface area contributed by atoms with Gasteiger partial charge in [-0.3, -0.25) is 9.59 Å². The lowest BCUT2D eigenvalue weighted by atomic mass is 9.76. The fourth-order valence-corrected chi connectivity index (χ4v) is 2.16. The van der Waals surface area contributed by atoms with Crippen LogP contribution in [0.4, 0.5) is 0 Å². The predicted molar refractivity (Wildman–Crippen MR) is 80.5 cm³/mol. The highest BCUT2D eigenvalue weighted by Crippen LogP contribution is 2.31. The summed E-state index contributed by atoms with van der Waals surface area (Å²) in [5.74, 6) is -0.798. The van der Waals surface area contributed by atoms with Gasteiger partial charge in [-0.1, -0.05) is 27.7 Å². The van der Waals surface area contributed by atoms with Crippen LogP contribution in [0.5, 0.6) is 0 Å². The average molecular weight is 286 g/mol. The van der Waals surface area contributed by atoms with Gasteiger partial charge in [0, 0.05) is 19.0 Å². The van der Waals surface area contributed by atoms with Crippen molar-refractivity contribution in [3.8, 4) is 0 Å². The van der Waals surface area contributed by atoms with Crippen LogP contribution in [-0.2, 0) is 9.59 Å². The molecular formula is C15H30N2O3. The summed E-state index contributed by atoms with van der Waals surface area (Å²) in [5, 5.41) is 12.2. The van der Waals surface area contributed by atoms with Crippen LogP contribution >= 0.6 is 0 Å². The van der Waals surface area contributed by atoms with E-state index in [1.54, 1.807) is 6.92 Å². The second-order valence-electron chi connectivity index (χ2n) is 6.63. The van der Waals surface area contributed by atoms with Gasteiger partial charge in [-0.05, 0) is 32.9 Å². The number of carbonyl (C=O) groups excluding carboxylic acids is 1. The van der Waals surface area contributed by atoms with Crippen LogP contribution in [0.25, 0.3) is 0 Å². The predicted octanol–water partition coefficient (Wildman–Crippen LogP) is 1.83. The lowest BCUT2D eigenvalue weighted by Gasteiger charge is -2.30. The zero-order chi connectivity index (χ0) is 16.1. The maximum Gasteiger partial charge on any atom is 0.310 e. The fraction of sp³-hybridized carbons (Fsp3) is 0.867. The Bertz CT molecular complexity index is 332. The molecule has 0 rings (SSSR count). The Morgan fingerprint density at radius 1 is 1.20 bits per heavy atom. The minimum absolute atomic E-state index is 0.0121. The molecule has 0 heterocycles. The lowest BCUT2D eigenvalue weighted by molar-refractivity contribution is -0.153. The van der Waals surface area contributed by atoms with Crippen molar-refractivity contribution < 1.29 is 14.7 Å². The summed E-state index contributed by atoms with van der Waals surface area (Å²) < 4.78 is 0. The van der Waals surface area contributed by atoms with Crippen LogP contribution in [0, 0.1) is 17.3 Å². The fourth-order valence-electron chi connectivity index (χ4n) is 2.16. The number of rotatable bonds is 8. The number of carbonyl (C=O) groups is 2. The maximum atomic E-state index is 12.0. The Morgan fingerprint density at radius 3 is 2.00 bits per heavy atom. The second-order valence-corrected chi connectivity index (χ2v) is 6.63. The van der Waals surface area contributed by atoms with Gasteiger partial charge in [-0.25, -0.2) is 0 Å². The van der Waals surface area contributed by atoms with Crippen LogP contribution in [0.3, 0.4) is 0 Å². The molecule has 0 radical (unpaired) electrons. The van der Waals surface area contributed by atoms with Crippen molar-refractivity contribution in [1.82, 2.24) is 10.2 Å². The van der Waals surface area contributed by atoms with Gasteiger partial charge in [-0.2, -0.15) is 0 Å².